The van der Waals surface area contributed by atoms with Gasteiger partial charge in [-0.25, -0.2) is 14.6 Å². The van der Waals surface area contributed by atoms with Crippen LogP contribution in [0, 0.1) is 0 Å². The third kappa shape index (κ3) is 3.51. The highest BCUT2D eigenvalue weighted by Gasteiger charge is 2.46. The topological polar surface area (TPSA) is 103 Å². The van der Waals surface area contributed by atoms with Crippen molar-refractivity contribution in [2.24, 2.45) is 5.73 Å². The molecule has 0 saturated heterocycles. The highest BCUT2D eigenvalue weighted by Crippen LogP contribution is 2.18. The van der Waals surface area contributed by atoms with Gasteiger partial charge in [-0.1, -0.05) is 0 Å². The molecule has 0 amide bonds. The summed E-state index contributed by atoms with van der Waals surface area (Å²) >= 11 is 1.31. The number of carbonyl (C=O) groups is 2. The van der Waals surface area contributed by atoms with Crippen molar-refractivity contribution in [1.82, 2.24) is 4.98 Å². The van der Waals surface area contributed by atoms with Crippen molar-refractivity contribution in [3.05, 3.63) is 16.6 Å². The van der Waals surface area contributed by atoms with Crippen LogP contribution in [0.25, 0.3) is 0 Å². The lowest BCUT2D eigenvalue weighted by molar-refractivity contribution is -0.169. The first kappa shape index (κ1) is 14.6. The molecule has 0 aliphatic carbocycles. The van der Waals surface area contributed by atoms with Gasteiger partial charge in [-0.2, -0.15) is 0 Å². The quantitative estimate of drug-likeness (QED) is 0.621. The number of nitrogens with two attached hydrogens (primary N) is 1. The number of hydrogen-bond acceptors (Lipinski definition) is 6. The molecule has 0 spiro atoms. The fourth-order valence-electron chi connectivity index (χ4n) is 1.21. The summed E-state index contributed by atoms with van der Waals surface area (Å²) in [5.74, 6) is -2.39. The first-order chi connectivity index (χ1) is 8.15. The lowest BCUT2D eigenvalue weighted by Crippen LogP contribution is -2.58. The van der Waals surface area contributed by atoms with E-state index < -0.39 is 23.1 Å². The van der Waals surface area contributed by atoms with Gasteiger partial charge in [0.2, 0.25) is 5.54 Å². The van der Waals surface area contributed by atoms with Crippen molar-refractivity contribution in [3.8, 4) is 0 Å². The molecule has 1 atom stereocenters. The van der Waals surface area contributed by atoms with E-state index in [0.717, 1.165) is 0 Å². The fourth-order valence-corrected chi connectivity index (χ4v) is 1.77. The van der Waals surface area contributed by atoms with Gasteiger partial charge in [0, 0.05) is 11.8 Å². The molecule has 0 saturated carbocycles. The summed E-state index contributed by atoms with van der Waals surface area (Å²) in [6.45, 7) is 4.95. The number of nitrogens with zero attached hydrogens (tertiary/aromatic N) is 1. The van der Waals surface area contributed by atoms with Crippen LogP contribution in [0.2, 0.25) is 0 Å². The van der Waals surface area contributed by atoms with E-state index in [1.54, 1.807) is 31.7 Å². The summed E-state index contributed by atoms with van der Waals surface area (Å²) in [6, 6.07) is 0. The van der Waals surface area contributed by atoms with Crippen LogP contribution in [0.1, 0.15) is 26.5 Å². The molecule has 7 heteroatoms. The molecule has 18 heavy (non-hydrogen) atoms. The van der Waals surface area contributed by atoms with E-state index in [4.69, 9.17) is 15.6 Å². The van der Waals surface area contributed by atoms with Crippen LogP contribution in [-0.4, -0.2) is 33.2 Å². The second-order valence-corrected chi connectivity index (χ2v) is 5.65. The summed E-state index contributed by atoms with van der Waals surface area (Å²) in [4.78, 5) is 27.1. The van der Waals surface area contributed by atoms with Gasteiger partial charge >= 0.3 is 11.9 Å². The van der Waals surface area contributed by atoms with Gasteiger partial charge in [0.25, 0.3) is 0 Å². The molecular weight excluding hydrogens is 256 g/mol. The van der Waals surface area contributed by atoms with E-state index in [1.807, 2.05) is 0 Å². The molecular formula is C11H16N2O4S. The lowest BCUT2D eigenvalue weighted by atomic mass is 9.95. The number of aromatic nitrogens is 1. The van der Waals surface area contributed by atoms with E-state index in [1.165, 1.54) is 11.3 Å². The summed E-state index contributed by atoms with van der Waals surface area (Å²) in [7, 11) is 0. The predicted molar refractivity (Wildman–Crippen MR) is 66.2 cm³/mol. The van der Waals surface area contributed by atoms with Crippen molar-refractivity contribution >= 4 is 23.3 Å². The SMILES string of the molecule is CC(C)(C)OC(=O)C(N)(Cc1cscn1)C(=O)O. The Balaban J connectivity index is 2.93. The zero-order valence-electron chi connectivity index (χ0n) is 10.5. The summed E-state index contributed by atoms with van der Waals surface area (Å²) in [6.07, 6.45) is -0.194. The fraction of sp³-hybridized carbons (Fsp3) is 0.545. The molecule has 0 aromatic carbocycles. The molecule has 100 valence electrons. The van der Waals surface area contributed by atoms with Crippen molar-refractivity contribution in [1.29, 1.82) is 0 Å². The molecule has 0 aliphatic heterocycles. The van der Waals surface area contributed by atoms with Crippen molar-refractivity contribution in [2.75, 3.05) is 0 Å². The molecule has 6 nitrogen and oxygen atoms in total. The van der Waals surface area contributed by atoms with E-state index >= 15 is 0 Å². The second kappa shape index (κ2) is 5.03. The first-order valence-corrected chi connectivity index (χ1v) is 6.22. The van der Waals surface area contributed by atoms with E-state index in [-0.39, 0.29) is 6.42 Å². The first-order valence-electron chi connectivity index (χ1n) is 5.28. The molecule has 0 fully saturated rings. The number of carboxylic acid groups (broad SMARTS) is 1. The van der Waals surface area contributed by atoms with E-state index in [0.29, 0.717) is 5.69 Å². The average Bonchev–Trinajstić information content (AvgIpc) is 2.66. The van der Waals surface area contributed by atoms with Gasteiger partial charge < -0.3 is 15.6 Å². The maximum Gasteiger partial charge on any atom is 0.338 e. The van der Waals surface area contributed by atoms with Gasteiger partial charge in [0.1, 0.15) is 5.60 Å². The van der Waals surface area contributed by atoms with Crippen LogP contribution in [0.4, 0.5) is 0 Å². The van der Waals surface area contributed by atoms with Gasteiger partial charge in [0.15, 0.2) is 0 Å². The number of thiazole rings is 1. The summed E-state index contributed by atoms with van der Waals surface area (Å²) in [5, 5.41) is 10.8. The minimum absolute atomic E-state index is 0.194. The molecule has 0 radical (unpaired) electrons. The Morgan fingerprint density at radius 1 is 1.50 bits per heavy atom. The molecule has 3 N–H and O–H groups in total. The minimum atomic E-state index is -2.11. The molecule has 1 unspecified atom stereocenters. The highest BCUT2D eigenvalue weighted by atomic mass is 32.1. The number of carboxylic acids is 1. The van der Waals surface area contributed by atoms with Crippen LogP contribution < -0.4 is 5.73 Å². The van der Waals surface area contributed by atoms with Crippen LogP contribution in [-0.2, 0) is 20.7 Å². The van der Waals surface area contributed by atoms with Crippen LogP contribution in [0.3, 0.4) is 0 Å². The third-order valence-corrected chi connectivity index (χ3v) is 2.72. The summed E-state index contributed by atoms with van der Waals surface area (Å²) < 4.78 is 5.04. The molecule has 1 rings (SSSR count). The Kier molecular flexibility index (Phi) is 4.08. The summed E-state index contributed by atoms with van der Waals surface area (Å²) in [5.41, 5.74) is 4.77. The standard InChI is InChI=1S/C11H16N2O4S/c1-10(2,3)17-9(16)11(12,8(14)15)4-7-5-18-6-13-7/h5-6H,4,12H2,1-3H3,(H,14,15). The Hall–Kier alpha value is -1.47. The van der Waals surface area contributed by atoms with Gasteiger partial charge in [-0.3, -0.25) is 0 Å². The number of hydrogen-bond donors (Lipinski definition) is 2. The van der Waals surface area contributed by atoms with E-state index in [9.17, 15) is 9.59 Å². The monoisotopic (exact) mass is 272 g/mol. The van der Waals surface area contributed by atoms with Gasteiger partial charge in [-0.05, 0) is 20.8 Å². The molecule has 1 aromatic rings. The average molecular weight is 272 g/mol. The zero-order valence-corrected chi connectivity index (χ0v) is 11.3. The predicted octanol–water partition coefficient (Wildman–Crippen LogP) is 0.809. The molecule has 0 aliphatic rings. The number of rotatable bonds is 4. The number of carbonyl (C=O) groups excluding carboxylic acids is 1. The molecule has 0 bridgehead atoms. The second-order valence-electron chi connectivity index (χ2n) is 4.93. The largest absolute Gasteiger partial charge is 0.479 e. The Bertz CT molecular complexity index is 438. The third-order valence-electron chi connectivity index (χ3n) is 2.09. The van der Waals surface area contributed by atoms with Crippen LogP contribution >= 0.6 is 11.3 Å². The van der Waals surface area contributed by atoms with Crippen molar-refractivity contribution in [2.45, 2.75) is 38.3 Å². The molecule has 1 aromatic heterocycles. The number of esters is 1. The van der Waals surface area contributed by atoms with Gasteiger partial charge in [-0.15, -0.1) is 11.3 Å². The maximum atomic E-state index is 11.9. The number of aliphatic carboxylic acids is 1. The lowest BCUT2D eigenvalue weighted by Gasteiger charge is -2.27. The minimum Gasteiger partial charge on any atom is -0.479 e. The Morgan fingerprint density at radius 2 is 2.11 bits per heavy atom. The highest BCUT2D eigenvalue weighted by molar-refractivity contribution is 7.07. The van der Waals surface area contributed by atoms with Gasteiger partial charge in [0.05, 0.1) is 11.2 Å². The van der Waals surface area contributed by atoms with Crippen LogP contribution in [0.15, 0.2) is 10.9 Å². The van der Waals surface area contributed by atoms with Crippen LogP contribution in [0.5, 0.6) is 0 Å². The normalized spacial score (nSPS) is 14.9. The molecule has 1 heterocycles. The Morgan fingerprint density at radius 3 is 2.50 bits per heavy atom. The van der Waals surface area contributed by atoms with E-state index in [2.05, 4.69) is 4.98 Å². The smallest absolute Gasteiger partial charge is 0.338 e. The maximum absolute atomic E-state index is 11.9. The Labute approximate surface area is 109 Å². The number of ether oxygens (including phenoxy) is 1. The zero-order chi connectivity index (χ0) is 14.0. The van der Waals surface area contributed by atoms with Crippen molar-refractivity contribution in [3.63, 3.8) is 0 Å². The van der Waals surface area contributed by atoms with Crippen molar-refractivity contribution < 1.29 is 19.4 Å².